The lowest BCUT2D eigenvalue weighted by Gasteiger charge is -1.98. The first kappa shape index (κ1) is 16.0. The van der Waals surface area contributed by atoms with E-state index in [0.717, 1.165) is 5.84 Å². The molecule has 0 saturated carbocycles. The summed E-state index contributed by atoms with van der Waals surface area (Å²) in [4.78, 5) is 3.78. The van der Waals surface area contributed by atoms with Crippen LogP contribution in [0.1, 0.15) is 13.8 Å². The standard InChI is InChI=1S/C5H12N2.2ClH/c1-4(2)5(6)7-3;;/h4H,1-3H3,(H2,6,7);2*1H. The molecule has 0 aliphatic heterocycles. The quantitative estimate of drug-likeness (QED) is 0.473. The fourth-order valence-electron chi connectivity index (χ4n) is 0.258. The van der Waals surface area contributed by atoms with E-state index in [1.54, 1.807) is 7.05 Å². The molecule has 0 aliphatic rings. The van der Waals surface area contributed by atoms with Crippen molar-refractivity contribution in [2.45, 2.75) is 13.8 Å². The number of nitrogens with zero attached hydrogens (tertiary/aromatic N) is 1. The Morgan fingerprint density at radius 2 is 1.67 bits per heavy atom. The predicted octanol–water partition coefficient (Wildman–Crippen LogP) is 1.47. The zero-order valence-corrected chi connectivity index (χ0v) is 7.55. The van der Waals surface area contributed by atoms with Crippen LogP contribution in [0, 0.1) is 5.92 Å². The van der Waals surface area contributed by atoms with Gasteiger partial charge in [0.05, 0.1) is 5.84 Å². The molecule has 0 bridgehead atoms. The fourth-order valence-corrected chi connectivity index (χ4v) is 0.258. The zero-order chi connectivity index (χ0) is 5.86. The molecule has 0 amide bonds. The van der Waals surface area contributed by atoms with Gasteiger partial charge in [-0.2, -0.15) is 0 Å². The number of hydrogen-bond acceptors (Lipinski definition) is 1. The van der Waals surface area contributed by atoms with Crippen LogP contribution in [0.2, 0.25) is 0 Å². The first-order valence-corrected chi connectivity index (χ1v) is 2.40. The SMILES string of the molecule is CN=C(N)C(C)C.Cl.Cl. The molecule has 9 heavy (non-hydrogen) atoms. The average Bonchev–Trinajstić information content (AvgIpc) is 1.65. The molecule has 0 aromatic carbocycles. The number of rotatable bonds is 1. The van der Waals surface area contributed by atoms with Gasteiger partial charge in [0.15, 0.2) is 0 Å². The van der Waals surface area contributed by atoms with Gasteiger partial charge in [0.25, 0.3) is 0 Å². The van der Waals surface area contributed by atoms with Gasteiger partial charge < -0.3 is 5.73 Å². The van der Waals surface area contributed by atoms with Crippen LogP contribution in [0.3, 0.4) is 0 Å². The summed E-state index contributed by atoms with van der Waals surface area (Å²) in [7, 11) is 1.70. The summed E-state index contributed by atoms with van der Waals surface area (Å²) in [5.41, 5.74) is 5.37. The highest BCUT2D eigenvalue weighted by atomic mass is 35.5. The Morgan fingerprint density at radius 3 is 1.67 bits per heavy atom. The summed E-state index contributed by atoms with van der Waals surface area (Å²) >= 11 is 0. The van der Waals surface area contributed by atoms with E-state index >= 15 is 0 Å². The van der Waals surface area contributed by atoms with Gasteiger partial charge in [0.1, 0.15) is 0 Å². The minimum Gasteiger partial charge on any atom is -0.387 e. The van der Waals surface area contributed by atoms with Gasteiger partial charge in [-0.1, -0.05) is 13.8 Å². The Labute approximate surface area is 68.7 Å². The molecule has 0 fully saturated rings. The smallest absolute Gasteiger partial charge is 0.0959 e. The van der Waals surface area contributed by atoms with E-state index in [0.29, 0.717) is 5.92 Å². The van der Waals surface area contributed by atoms with Gasteiger partial charge >= 0.3 is 0 Å². The van der Waals surface area contributed by atoms with Crippen LogP contribution >= 0.6 is 24.8 Å². The average molecular weight is 173 g/mol. The predicted molar refractivity (Wildman–Crippen MR) is 46.9 cm³/mol. The largest absolute Gasteiger partial charge is 0.387 e. The molecule has 0 radical (unpaired) electrons. The molecular weight excluding hydrogens is 159 g/mol. The number of amidine groups is 1. The van der Waals surface area contributed by atoms with Gasteiger partial charge in [-0.15, -0.1) is 24.8 Å². The molecule has 0 spiro atoms. The third-order valence-electron chi connectivity index (χ3n) is 0.850. The minimum absolute atomic E-state index is 0. The lowest BCUT2D eigenvalue weighted by atomic mass is 10.2. The lowest BCUT2D eigenvalue weighted by Crippen LogP contribution is -2.17. The summed E-state index contributed by atoms with van der Waals surface area (Å²) in [6.45, 7) is 4.03. The normalized spacial score (nSPS) is 10.0. The number of aliphatic imine (C=N–C) groups is 1. The second-order valence-electron chi connectivity index (χ2n) is 1.80. The molecule has 2 N–H and O–H groups in total. The maximum atomic E-state index is 5.37. The van der Waals surface area contributed by atoms with Crippen molar-refractivity contribution < 1.29 is 0 Å². The number of halogens is 2. The van der Waals surface area contributed by atoms with Gasteiger partial charge in [0, 0.05) is 13.0 Å². The molecule has 0 rings (SSSR count). The summed E-state index contributed by atoms with van der Waals surface area (Å²) in [6, 6.07) is 0. The third kappa shape index (κ3) is 8.05. The molecule has 4 heteroatoms. The molecule has 0 aliphatic carbocycles. The van der Waals surface area contributed by atoms with E-state index in [4.69, 9.17) is 5.73 Å². The Balaban J connectivity index is -0.000000180. The van der Waals surface area contributed by atoms with Gasteiger partial charge in [-0.3, -0.25) is 4.99 Å². The lowest BCUT2D eigenvalue weighted by molar-refractivity contribution is 0.869. The molecule has 58 valence electrons. The minimum atomic E-state index is 0. The van der Waals surface area contributed by atoms with E-state index in [9.17, 15) is 0 Å². The Hall–Kier alpha value is 0.0500. The van der Waals surface area contributed by atoms with Crippen LogP contribution < -0.4 is 5.73 Å². The van der Waals surface area contributed by atoms with E-state index in [-0.39, 0.29) is 24.8 Å². The van der Waals surface area contributed by atoms with Crippen molar-refractivity contribution in [1.29, 1.82) is 0 Å². The van der Waals surface area contributed by atoms with Crippen molar-refractivity contribution >= 4 is 30.6 Å². The van der Waals surface area contributed by atoms with Crippen LogP contribution in [0.4, 0.5) is 0 Å². The molecule has 0 aromatic heterocycles. The summed E-state index contributed by atoms with van der Waals surface area (Å²) in [5.74, 6) is 1.12. The van der Waals surface area contributed by atoms with E-state index < -0.39 is 0 Å². The van der Waals surface area contributed by atoms with Gasteiger partial charge in [-0.25, -0.2) is 0 Å². The topological polar surface area (TPSA) is 38.4 Å². The number of nitrogens with two attached hydrogens (primary N) is 1. The van der Waals surface area contributed by atoms with Crippen molar-refractivity contribution in [3.63, 3.8) is 0 Å². The first-order chi connectivity index (χ1) is 3.18. The molecule has 2 nitrogen and oxygen atoms in total. The van der Waals surface area contributed by atoms with Crippen LogP contribution in [0.25, 0.3) is 0 Å². The fraction of sp³-hybridized carbons (Fsp3) is 0.800. The van der Waals surface area contributed by atoms with Crippen molar-refractivity contribution in [3.05, 3.63) is 0 Å². The molecule has 0 aromatic rings. The highest BCUT2D eigenvalue weighted by molar-refractivity contribution is 5.85. The summed E-state index contributed by atoms with van der Waals surface area (Å²) in [5, 5.41) is 0. The zero-order valence-electron chi connectivity index (χ0n) is 5.92. The Morgan fingerprint density at radius 1 is 1.33 bits per heavy atom. The van der Waals surface area contributed by atoms with Gasteiger partial charge in [0.2, 0.25) is 0 Å². The highest BCUT2D eigenvalue weighted by Gasteiger charge is 1.93. The monoisotopic (exact) mass is 172 g/mol. The Kier molecular flexibility index (Phi) is 14.3. The van der Waals surface area contributed by atoms with Crippen LogP contribution in [0.15, 0.2) is 4.99 Å². The maximum Gasteiger partial charge on any atom is 0.0959 e. The highest BCUT2D eigenvalue weighted by Crippen LogP contribution is 1.88. The second-order valence-corrected chi connectivity index (χ2v) is 1.80. The summed E-state index contributed by atoms with van der Waals surface area (Å²) in [6.07, 6.45) is 0. The van der Waals surface area contributed by atoms with E-state index in [1.807, 2.05) is 13.8 Å². The Bertz CT molecular complexity index is 81.0. The molecular formula is C5H14Cl2N2. The molecule has 0 unspecified atom stereocenters. The molecule has 0 atom stereocenters. The van der Waals surface area contributed by atoms with E-state index in [1.165, 1.54) is 0 Å². The van der Waals surface area contributed by atoms with Crippen molar-refractivity contribution in [3.8, 4) is 0 Å². The van der Waals surface area contributed by atoms with Crippen molar-refractivity contribution in [1.82, 2.24) is 0 Å². The molecule has 0 heterocycles. The van der Waals surface area contributed by atoms with Gasteiger partial charge in [-0.05, 0) is 0 Å². The van der Waals surface area contributed by atoms with E-state index in [2.05, 4.69) is 4.99 Å². The van der Waals surface area contributed by atoms with Crippen LogP contribution in [-0.2, 0) is 0 Å². The van der Waals surface area contributed by atoms with Crippen LogP contribution in [-0.4, -0.2) is 12.9 Å². The maximum absolute atomic E-state index is 5.37. The molecule has 0 saturated heterocycles. The number of hydrogen-bond donors (Lipinski definition) is 1. The second kappa shape index (κ2) is 8.05. The van der Waals surface area contributed by atoms with Crippen LogP contribution in [0.5, 0.6) is 0 Å². The van der Waals surface area contributed by atoms with Crippen molar-refractivity contribution in [2.24, 2.45) is 16.6 Å². The third-order valence-corrected chi connectivity index (χ3v) is 0.850. The van der Waals surface area contributed by atoms with Crippen molar-refractivity contribution in [2.75, 3.05) is 7.05 Å². The summed E-state index contributed by atoms with van der Waals surface area (Å²) < 4.78 is 0. The first-order valence-electron chi connectivity index (χ1n) is 2.40.